The summed E-state index contributed by atoms with van der Waals surface area (Å²) >= 11 is 0. The molecule has 1 atom stereocenters. The van der Waals surface area contributed by atoms with Crippen LogP contribution in [0.25, 0.3) is 10.9 Å². The van der Waals surface area contributed by atoms with Crippen molar-refractivity contribution in [2.75, 3.05) is 19.7 Å². The van der Waals surface area contributed by atoms with Gasteiger partial charge in [0, 0.05) is 25.1 Å². The fraction of sp³-hybridized carbons (Fsp3) is 0.500. The standard InChI is InChI=1S/C14H19N3O/c18-10-11-3-2-6-17(8-11)9-13-5-1-4-12-7-15-16-14(12)13/h1,4-5,7,11,18H,2-3,6,8-10H2,(H,15,16). The summed E-state index contributed by atoms with van der Waals surface area (Å²) in [5.74, 6) is 0.444. The molecule has 0 bridgehead atoms. The first-order chi connectivity index (χ1) is 8.86. The third-order valence-corrected chi connectivity index (χ3v) is 3.82. The van der Waals surface area contributed by atoms with Crippen LogP contribution in [-0.4, -0.2) is 39.9 Å². The van der Waals surface area contributed by atoms with E-state index in [4.69, 9.17) is 0 Å². The number of hydrogen-bond donors (Lipinski definition) is 2. The first kappa shape index (κ1) is 11.7. The average molecular weight is 245 g/mol. The monoisotopic (exact) mass is 245 g/mol. The number of fused-ring (bicyclic) bond motifs is 1. The zero-order chi connectivity index (χ0) is 12.4. The minimum atomic E-state index is 0.310. The predicted octanol–water partition coefficient (Wildman–Crippen LogP) is 1.77. The van der Waals surface area contributed by atoms with E-state index in [-0.39, 0.29) is 0 Å². The highest BCUT2D eigenvalue weighted by atomic mass is 16.3. The fourth-order valence-corrected chi connectivity index (χ4v) is 2.85. The Balaban J connectivity index is 1.77. The van der Waals surface area contributed by atoms with Gasteiger partial charge in [0.15, 0.2) is 0 Å². The lowest BCUT2D eigenvalue weighted by molar-refractivity contribution is 0.116. The van der Waals surface area contributed by atoms with Crippen LogP contribution in [-0.2, 0) is 6.54 Å². The van der Waals surface area contributed by atoms with Crippen molar-refractivity contribution < 1.29 is 5.11 Å². The van der Waals surface area contributed by atoms with E-state index < -0.39 is 0 Å². The molecule has 1 saturated heterocycles. The molecule has 0 saturated carbocycles. The van der Waals surface area contributed by atoms with Gasteiger partial charge in [-0.15, -0.1) is 0 Å². The first-order valence-electron chi connectivity index (χ1n) is 6.61. The summed E-state index contributed by atoms with van der Waals surface area (Å²) in [6.45, 7) is 3.38. The molecule has 0 aliphatic carbocycles. The number of hydrogen-bond acceptors (Lipinski definition) is 3. The molecule has 1 unspecified atom stereocenters. The minimum Gasteiger partial charge on any atom is -0.396 e. The van der Waals surface area contributed by atoms with Crippen molar-refractivity contribution >= 4 is 10.9 Å². The Bertz CT molecular complexity index is 522. The Morgan fingerprint density at radius 3 is 3.28 bits per heavy atom. The third-order valence-electron chi connectivity index (χ3n) is 3.82. The van der Waals surface area contributed by atoms with E-state index >= 15 is 0 Å². The van der Waals surface area contributed by atoms with Gasteiger partial charge in [-0.2, -0.15) is 5.10 Å². The predicted molar refractivity (Wildman–Crippen MR) is 71.2 cm³/mol. The van der Waals surface area contributed by atoms with Gasteiger partial charge < -0.3 is 5.11 Å². The normalized spacial score (nSPS) is 21.5. The maximum absolute atomic E-state index is 9.27. The molecule has 1 aliphatic rings. The molecule has 4 nitrogen and oxygen atoms in total. The van der Waals surface area contributed by atoms with E-state index in [1.165, 1.54) is 17.4 Å². The zero-order valence-corrected chi connectivity index (χ0v) is 10.5. The lowest BCUT2D eigenvalue weighted by Crippen LogP contribution is -2.36. The number of likely N-dealkylation sites (tertiary alicyclic amines) is 1. The summed E-state index contributed by atoms with van der Waals surface area (Å²) in [5, 5.41) is 17.6. The van der Waals surface area contributed by atoms with Crippen LogP contribution in [0.3, 0.4) is 0 Å². The molecule has 4 heteroatoms. The molecule has 18 heavy (non-hydrogen) atoms. The molecule has 1 aromatic heterocycles. The summed E-state index contributed by atoms with van der Waals surface area (Å²) in [7, 11) is 0. The molecule has 1 aliphatic heterocycles. The van der Waals surface area contributed by atoms with Gasteiger partial charge in [-0.25, -0.2) is 0 Å². The summed E-state index contributed by atoms with van der Waals surface area (Å²) in [6.07, 6.45) is 4.21. The van der Waals surface area contributed by atoms with Gasteiger partial charge >= 0.3 is 0 Å². The van der Waals surface area contributed by atoms with Crippen LogP contribution in [0.5, 0.6) is 0 Å². The van der Waals surface area contributed by atoms with Gasteiger partial charge in [0.2, 0.25) is 0 Å². The van der Waals surface area contributed by atoms with E-state index in [2.05, 4.69) is 33.3 Å². The van der Waals surface area contributed by atoms with Crippen LogP contribution in [0.4, 0.5) is 0 Å². The number of nitrogens with one attached hydrogen (secondary N) is 1. The van der Waals surface area contributed by atoms with E-state index in [0.29, 0.717) is 12.5 Å². The first-order valence-corrected chi connectivity index (χ1v) is 6.61. The minimum absolute atomic E-state index is 0.310. The summed E-state index contributed by atoms with van der Waals surface area (Å²) in [4.78, 5) is 2.43. The van der Waals surface area contributed by atoms with Crippen molar-refractivity contribution in [1.29, 1.82) is 0 Å². The van der Waals surface area contributed by atoms with Crippen molar-refractivity contribution in [1.82, 2.24) is 15.1 Å². The highest BCUT2D eigenvalue weighted by molar-refractivity contribution is 5.81. The Morgan fingerprint density at radius 2 is 2.39 bits per heavy atom. The van der Waals surface area contributed by atoms with E-state index in [0.717, 1.165) is 31.6 Å². The number of aromatic nitrogens is 2. The summed E-state index contributed by atoms with van der Waals surface area (Å²) in [5.41, 5.74) is 2.44. The van der Waals surface area contributed by atoms with E-state index in [1.54, 1.807) is 0 Å². The maximum atomic E-state index is 9.27. The lowest BCUT2D eigenvalue weighted by Gasteiger charge is -2.31. The number of para-hydroxylation sites is 1. The Kier molecular flexibility index (Phi) is 3.30. The van der Waals surface area contributed by atoms with Crippen LogP contribution >= 0.6 is 0 Å². The lowest BCUT2D eigenvalue weighted by atomic mass is 9.98. The second-order valence-corrected chi connectivity index (χ2v) is 5.18. The molecule has 2 heterocycles. The number of aliphatic hydroxyl groups excluding tert-OH is 1. The molecule has 2 aromatic rings. The van der Waals surface area contributed by atoms with Gasteiger partial charge in [0.1, 0.15) is 0 Å². The zero-order valence-electron chi connectivity index (χ0n) is 10.5. The Labute approximate surface area is 107 Å². The molecule has 0 amide bonds. The number of aliphatic hydroxyl groups is 1. The fourth-order valence-electron chi connectivity index (χ4n) is 2.85. The van der Waals surface area contributed by atoms with Crippen molar-refractivity contribution in [2.45, 2.75) is 19.4 Å². The number of aromatic amines is 1. The molecule has 2 N–H and O–H groups in total. The quantitative estimate of drug-likeness (QED) is 0.866. The van der Waals surface area contributed by atoms with Crippen molar-refractivity contribution in [3.05, 3.63) is 30.0 Å². The number of rotatable bonds is 3. The van der Waals surface area contributed by atoms with Crippen LogP contribution in [0.2, 0.25) is 0 Å². The smallest absolute Gasteiger partial charge is 0.0695 e. The molecular weight excluding hydrogens is 226 g/mol. The molecule has 1 aromatic carbocycles. The van der Waals surface area contributed by atoms with Crippen LogP contribution in [0.1, 0.15) is 18.4 Å². The van der Waals surface area contributed by atoms with Crippen molar-refractivity contribution in [3.8, 4) is 0 Å². The van der Waals surface area contributed by atoms with Gasteiger partial charge in [-0.05, 0) is 30.9 Å². The van der Waals surface area contributed by atoms with Gasteiger partial charge in [0.05, 0.1) is 11.7 Å². The number of benzene rings is 1. The average Bonchev–Trinajstić information content (AvgIpc) is 2.88. The van der Waals surface area contributed by atoms with Crippen molar-refractivity contribution in [3.63, 3.8) is 0 Å². The van der Waals surface area contributed by atoms with Gasteiger partial charge in [0.25, 0.3) is 0 Å². The van der Waals surface area contributed by atoms with Crippen LogP contribution in [0.15, 0.2) is 24.4 Å². The SMILES string of the molecule is OCC1CCCN(Cc2cccc3cn[nH]c23)C1. The molecule has 0 spiro atoms. The number of piperidine rings is 1. The highest BCUT2D eigenvalue weighted by Crippen LogP contribution is 2.21. The summed E-state index contributed by atoms with van der Waals surface area (Å²) < 4.78 is 0. The highest BCUT2D eigenvalue weighted by Gasteiger charge is 2.19. The van der Waals surface area contributed by atoms with Crippen LogP contribution < -0.4 is 0 Å². The molecule has 3 rings (SSSR count). The topological polar surface area (TPSA) is 52.1 Å². The maximum Gasteiger partial charge on any atom is 0.0695 e. The van der Waals surface area contributed by atoms with Crippen molar-refractivity contribution in [2.24, 2.45) is 5.92 Å². The molecule has 1 fully saturated rings. The molecule has 96 valence electrons. The Hall–Kier alpha value is -1.39. The Morgan fingerprint density at radius 1 is 1.44 bits per heavy atom. The van der Waals surface area contributed by atoms with Crippen LogP contribution in [0, 0.1) is 5.92 Å². The number of nitrogens with zero attached hydrogens (tertiary/aromatic N) is 2. The number of H-pyrrole nitrogens is 1. The molecular formula is C14H19N3O. The largest absolute Gasteiger partial charge is 0.396 e. The van der Waals surface area contributed by atoms with Gasteiger partial charge in [-0.1, -0.05) is 18.2 Å². The van der Waals surface area contributed by atoms with E-state index in [1.807, 2.05) is 6.20 Å². The second kappa shape index (κ2) is 5.08. The third kappa shape index (κ3) is 2.26. The molecule has 0 radical (unpaired) electrons. The second-order valence-electron chi connectivity index (χ2n) is 5.18. The van der Waals surface area contributed by atoms with E-state index in [9.17, 15) is 5.11 Å². The summed E-state index contributed by atoms with van der Waals surface area (Å²) in [6, 6.07) is 6.32. The van der Waals surface area contributed by atoms with Gasteiger partial charge in [-0.3, -0.25) is 10.00 Å².